The van der Waals surface area contributed by atoms with Crippen molar-refractivity contribution < 1.29 is 0 Å². The summed E-state index contributed by atoms with van der Waals surface area (Å²) in [6.07, 6.45) is 12.2. The fraction of sp³-hybridized carbons (Fsp3) is 0.722. The zero-order valence-electron chi connectivity index (χ0n) is 14.6. The van der Waals surface area contributed by atoms with Gasteiger partial charge in [-0.25, -0.2) is 4.99 Å². The zero-order valence-corrected chi connectivity index (χ0v) is 14.6. The highest BCUT2D eigenvalue weighted by Gasteiger charge is 2.18. The van der Waals surface area contributed by atoms with E-state index < -0.39 is 0 Å². The molecule has 0 aliphatic carbocycles. The summed E-state index contributed by atoms with van der Waals surface area (Å²) in [5.41, 5.74) is 0. The molecule has 0 aromatic carbocycles. The van der Waals surface area contributed by atoms with E-state index in [9.17, 15) is 0 Å². The Bertz CT molecular complexity index is 362. The molecule has 2 N–H and O–H groups in total. The minimum atomic E-state index is 0.173. The largest absolute Gasteiger partial charge is 0.391 e. The first-order valence-electron chi connectivity index (χ1n) is 8.72. The van der Waals surface area contributed by atoms with Crippen molar-refractivity contribution in [1.82, 2.24) is 15.5 Å². The third-order valence-electron chi connectivity index (χ3n) is 4.21. The first kappa shape index (κ1) is 18.6. The second-order valence-electron chi connectivity index (χ2n) is 6.04. The van der Waals surface area contributed by atoms with Crippen molar-refractivity contribution in [3.05, 3.63) is 25.1 Å². The van der Waals surface area contributed by atoms with Crippen LogP contribution in [0.1, 0.15) is 52.9 Å². The van der Waals surface area contributed by atoms with Crippen molar-refractivity contribution in [2.75, 3.05) is 19.6 Å². The van der Waals surface area contributed by atoms with Crippen LogP contribution in [-0.2, 0) is 0 Å². The molecule has 1 saturated heterocycles. The summed E-state index contributed by atoms with van der Waals surface area (Å²) < 4.78 is 0. The SMILES string of the molecule is C=CNCC1CCCCCN(/C(C)=N/C(CC)N/C=C/C)C1. The van der Waals surface area contributed by atoms with Gasteiger partial charge in [-0.05, 0) is 51.4 Å². The predicted octanol–water partition coefficient (Wildman–Crippen LogP) is 3.49. The van der Waals surface area contributed by atoms with Crippen LogP contribution >= 0.6 is 0 Å². The van der Waals surface area contributed by atoms with Crippen molar-refractivity contribution in [3.8, 4) is 0 Å². The monoisotopic (exact) mass is 306 g/mol. The van der Waals surface area contributed by atoms with Crippen LogP contribution in [0.2, 0.25) is 0 Å². The summed E-state index contributed by atoms with van der Waals surface area (Å²) in [6.45, 7) is 13.3. The van der Waals surface area contributed by atoms with Gasteiger partial charge in [0.2, 0.25) is 0 Å². The zero-order chi connectivity index (χ0) is 16.2. The number of amidine groups is 1. The maximum Gasteiger partial charge on any atom is 0.119 e. The fourth-order valence-corrected chi connectivity index (χ4v) is 2.88. The summed E-state index contributed by atoms with van der Waals surface area (Å²) in [7, 11) is 0. The lowest BCUT2D eigenvalue weighted by Crippen LogP contribution is -2.39. The van der Waals surface area contributed by atoms with Crippen LogP contribution in [0.5, 0.6) is 0 Å². The van der Waals surface area contributed by atoms with Gasteiger partial charge in [0, 0.05) is 19.6 Å². The van der Waals surface area contributed by atoms with Crippen LogP contribution in [0, 0.1) is 5.92 Å². The first-order valence-corrected chi connectivity index (χ1v) is 8.72. The topological polar surface area (TPSA) is 39.7 Å². The lowest BCUT2D eigenvalue weighted by molar-refractivity contribution is 0.282. The molecule has 2 atom stereocenters. The minimum absolute atomic E-state index is 0.173. The van der Waals surface area contributed by atoms with E-state index in [4.69, 9.17) is 4.99 Å². The van der Waals surface area contributed by atoms with E-state index >= 15 is 0 Å². The van der Waals surface area contributed by atoms with Gasteiger partial charge in [0.25, 0.3) is 0 Å². The summed E-state index contributed by atoms with van der Waals surface area (Å²) >= 11 is 0. The number of rotatable bonds is 7. The Morgan fingerprint density at radius 1 is 1.41 bits per heavy atom. The van der Waals surface area contributed by atoms with E-state index in [0.717, 1.165) is 31.9 Å². The van der Waals surface area contributed by atoms with Gasteiger partial charge >= 0.3 is 0 Å². The summed E-state index contributed by atoms with van der Waals surface area (Å²) in [5.74, 6) is 1.83. The number of nitrogens with zero attached hydrogens (tertiary/aromatic N) is 2. The van der Waals surface area contributed by atoms with Gasteiger partial charge in [0.05, 0.1) is 5.84 Å². The van der Waals surface area contributed by atoms with Crippen LogP contribution in [0.15, 0.2) is 30.0 Å². The molecule has 1 aliphatic rings. The third kappa shape index (κ3) is 7.01. The smallest absolute Gasteiger partial charge is 0.119 e. The van der Waals surface area contributed by atoms with E-state index in [-0.39, 0.29) is 6.17 Å². The third-order valence-corrected chi connectivity index (χ3v) is 4.21. The van der Waals surface area contributed by atoms with Gasteiger partial charge in [-0.15, -0.1) is 0 Å². The number of likely N-dealkylation sites (tertiary alicyclic amines) is 1. The quantitative estimate of drug-likeness (QED) is 0.559. The molecular formula is C18H34N4. The Hall–Kier alpha value is -1.45. The Kier molecular flexibility index (Phi) is 9.44. The highest BCUT2D eigenvalue weighted by atomic mass is 15.2. The second kappa shape index (κ2) is 11.2. The molecule has 0 radical (unpaired) electrons. The van der Waals surface area contributed by atoms with Gasteiger partial charge in [0.1, 0.15) is 6.17 Å². The molecule has 22 heavy (non-hydrogen) atoms. The van der Waals surface area contributed by atoms with E-state index in [1.807, 2.05) is 19.2 Å². The number of hydrogen-bond donors (Lipinski definition) is 2. The molecule has 1 aliphatic heterocycles. The molecule has 0 bridgehead atoms. The number of allylic oxidation sites excluding steroid dienone is 1. The van der Waals surface area contributed by atoms with E-state index in [2.05, 4.69) is 36.0 Å². The highest BCUT2D eigenvalue weighted by molar-refractivity contribution is 5.79. The molecule has 4 nitrogen and oxygen atoms in total. The molecule has 0 spiro atoms. The normalized spacial score (nSPS) is 22.0. The molecular weight excluding hydrogens is 272 g/mol. The van der Waals surface area contributed by atoms with E-state index in [0.29, 0.717) is 5.92 Å². The van der Waals surface area contributed by atoms with Crippen molar-refractivity contribution in [2.24, 2.45) is 10.9 Å². The fourth-order valence-electron chi connectivity index (χ4n) is 2.88. The van der Waals surface area contributed by atoms with Crippen LogP contribution < -0.4 is 10.6 Å². The first-order chi connectivity index (χ1) is 10.7. The van der Waals surface area contributed by atoms with Crippen molar-refractivity contribution >= 4 is 5.84 Å². The summed E-state index contributed by atoms with van der Waals surface area (Å²) in [6, 6.07) is 0. The van der Waals surface area contributed by atoms with Gasteiger partial charge in [-0.1, -0.05) is 32.4 Å². The molecule has 1 fully saturated rings. The maximum atomic E-state index is 4.88. The predicted molar refractivity (Wildman–Crippen MR) is 96.9 cm³/mol. The Balaban J connectivity index is 2.68. The lowest BCUT2D eigenvalue weighted by Gasteiger charge is -2.32. The van der Waals surface area contributed by atoms with Gasteiger partial charge in [-0.2, -0.15) is 0 Å². The van der Waals surface area contributed by atoms with Gasteiger partial charge in [-0.3, -0.25) is 0 Å². The van der Waals surface area contributed by atoms with Crippen LogP contribution in [0.25, 0.3) is 0 Å². The number of nitrogens with one attached hydrogen (secondary N) is 2. The molecule has 0 aromatic heterocycles. The number of hydrogen-bond acceptors (Lipinski definition) is 3. The molecule has 2 unspecified atom stereocenters. The van der Waals surface area contributed by atoms with Crippen molar-refractivity contribution in [2.45, 2.75) is 59.0 Å². The van der Waals surface area contributed by atoms with E-state index in [1.54, 1.807) is 6.20 Å². The Morgan fingerprint density at radius 2 is 2.23 bits per heavy atom. The van der Waals surface area contributed by atoms with E-state index in [1.165, 1.54) is 25.7 Å². The van der Waals surface area contributed by atoms with Crippen LogP contribution in [0.4, 0.5) is 0 Å². The second-order valence-corrected chi connectivity index (χ2v) is 6.04. The van der Waals surface area contributed by atoms with Crippen LogP contribution in [-0.4, -0.2) is 36.5 Å². The lowest BCUT2D eigenvalue weighted by atomic mass is 9.98. The standard InChI is InChI=1S/C18H34N4/c1-5-12-20-18(6-2)21-16(4)22-13-10-8-9-11-17(15-22)14-19-7-3/h5,7,12,17-20H,3,6,8-11,13-15H2,1-2,4H3/b12-5+,21-16+. The number of aliphatic imine (C=N–C) groups is 1. The van der Waals surface area contributed by atoms with Crippen LogP contribution in [0.3, 0.4) is 0 Å². The van der Waals surface area contributed by atoms with Crippen molar-refractivity contribution in [1.29, 1.82) is 0 Å². The molecule has 0 aromatic rings. The van der Waals surface area contributed by atoms with Gasteiger partial charge < -0.3 is 15.5 Å². The molecule has 4 heteroatoms. The van der Waals surface area contributed by atoms with Gasteiger partial charge in [0.15, 0.2) is 0 Å². The Morgan fingerprint density at radius 3 is 2.91 bits per heavy atom. The average Bonchev–Trinajstić information content (AvgIpc) is 2.50. The molecule has 0 saturated carbocycles. The average molecular weight is 306 g/mol. The minimum Gasteiger partial charge on any atom is -0.391 e. The maximum absolute atomic E-state index is 4.88. The molecule has 0 amide bonds. The molecule has 126 valence electrons. The summed E-state index contributed by atoms with van der Waals surface area (Å²) in [5, 5.41) is 6.62. The molecule has 1 heterocycles. The molecule has 1 rings (SSSR count). The summed E-state index contributed by atoms with van der Waals surface area (Å²) in [4.78, 5) is 7.35. The Labute approximate surface area is 136 Å². The van der Waals surface area contributed by atoms with Crippen molar-refractivity contribution in [3.63, 3.8) is 0 Å². The highest BCUT2D eigenvalue weighted by Crippen LogP contribution is 2.16.